The average molecular weight is 632 g/mol. The van der Waals surface area contributed by atoms with Crippen LogP contribution in [0.2, 0.25) is 10.0 Å². The average Bonchev–Trinajstić information content (AvgIpc) is 3.44. The maximum absolute atomic E-state index is 13.0. The van der Waals surface area contributed by atoms with Crippen molar-refractivity contribution in [3.05, 3.63) is 81.9 Å². The third-order valence-corrected chi connectivity index (χ3v) is 8.93. The maximum Gasteiger partial charge on any atom is 0.326 e. The zero-order valence-electron chi connectivity index (χ0n) is 23.3. The van der Waals surface area contributed by atoms with Crippen molar-refractivity contribution in [1.29, 1.82) is 0 Å². The molecule has 0 bridgehead atoms. The molecule has 9 nitrogen and oxygen atoms in total. The molecule has 0 saturated carbocycles. The van der Waals surface area contributed by atoms with Gasteiger partial charge < -0.3 is 24.6 Å². The molecule has 0 aliphatic carbocycles. The van der Waals surface area contributed by atoms with E-state index in [0.717, 1.165) is 16.2 Å². The van der Waals surface area contributed by atoms with Crippen molar-refractivity contribution in [3.8, 4) is 5.75 Å². The maximum atomic E-state index is 13.0. The molecule has 1 aliphatic heterocycles. The van der Waals surface area contributed by atoms with Crippen LogP contribution in [-0.2, 0) is 27.3 Å². The van der Waals surface area contributed by atoms with Gasteiger partial charge in [-0.05, 0) is 42.9 Å². The third kappa shape index (κ3) is 7.87. The second-order valence-electron chi connectivity index (χ2n) is 9.87. The van der Waals surface area contributed by atoms with Gasteiger partial charge in [0.05, 0.1) is 35.7 Å². The SMILES string of the molecule is COc1ccccc1Cn1cnc(CC(NC(=O)C2CCN(C(=O)/C=C/c3ccc(SC)c(Cl)c3Cl)CC2)C(=O)O)c1. The molecule has 1 aromatic heterocycles. The first-order valence-corrected chi connectivity index (χ1v) is 15.3. The number of methoxy groups -OCH3 is 1. The van der Waals surface area contributed by atoms with Crippen LogP contribution in [0.1, 0.15) is 29.7 Å². The van der Waals surface area contributed by atoms with E-state index in [1.54, 1.807) is 30.6 Å². The first-order chi connectivity index (χ1) is 20.2. The molecule has 2 aromatic carbocycles. The molecule has 1 fully saturated rings. The van der Waals surface area contributed by atoms with Gasteiger partial charge in [0, 0.05) is 48.2 Å². The summed E-state index contributed by atoms with van der Waals surface area (Å²) < 4.78 is 7.24. The fourth-order valence-corrected chi connectivity index (χ4v) is 5.96. The zero-order chi connectivity index (χ0) is 30.2. The van der Waals surface area contributed by atoms with E-state index in [0.29, 0.717) is 53.8 Å². The van der Waals surface area contributed by atoms with Crippen molar-refractivity contribution in [2.75, 3.05) is 26.5 Å². The lowest BCUT2D eigenvalue weighted by Gasteiger charge is -2.31. The number of ether oxygens (including phenoxy) is 1. The van der Waals surface area contributed by atoms with Crippen molar-refractivity contribution in [2.24, 2.45) is 5.92 Å². The van der Waals surface area contributed by atoms with Gasteiger partial charge in [0.25, 0.3) is 0 Å². The van der Waals surface area contributed by atoms with Crippen LogP contribution in [-0.4, -0.2) is 69.8 Å². The fraction of sp³-hybridized carbons (Fsp3) is 0.333. The standard InChI is InChI=1S/C30H32Cl2N4O5S/c1-41-24-6-4-3-5-21(24)16-35-17-22(33-18-35)15-23(30(39)40)34-29(38)20-11-13-36(14-12-20)26(37)10-8-19-7-9-25(42-2)28(32)27(19)31/h3-10,17-18,20,23H,11-16H2,1-2H3,(H,34,38)(H,39,40)/b10-8+. The van der Waals surface area contributed by atoms with Crippen LogP contribution in [0.5, 0.6) is 5.75 Å². The highest BCUT2D eigenvalue weighted by Gasteiger charge is 2.30. The van der Waals surface area contributed by atoms with Gasteiger partial charge in [0.2, 0.25) is 11.8 Å². The summed E-state index contributed by atoms with van der Waals surface area (Å²) in [6.45, 7) is 1.27. The summed E-state index contributed by atoms with van der Waals surface area (Å²) in [5.41, 5.74) is 2.16. The zero-order valence-corrected chi connectivity index (χ0v) is 25.6. The molecule has 1 saturated heterocycles. The van der Waals surface area contributed by atoms with Gasteiger partial charge in [-0.25, -0.2) is 9.78 Å². The molecule has 3 aromatic rings. The summed E-state index contributed by atoms with van der Waals surface area (Å²) >= 11 is 14.1. The number of likely N-dealkylation sites (tertiary alicyclic amines) is 1. The second kappa shape index (κ2) is 14.6. The number of benzene rings is 2. The van der Waals surface area contributed by atoms with E-state index < -0.39 is 17.9 Å². The number of nitrogens with one attached hydrogen (secondary N) is 1. The topological polar surface area (TPSA) is 114 Å². The van der Waals surface area contributed by atoms with Crippen LogP contribution in [0.25, 0.3) is 6.08 Å². The minimum Gasteiger partial charge on any atom is -0.496 e. The first kappa shape index (κ1) is 31.5. The van der Waals surface area contributed by atoms with Gasteiger partial charge in [-0.15, -0.1) is 11.8 Å². The normalized spacial score (nSPS) is 14.6. The molecule has 222 valence electrons. The molecule has 2 heterocycles. The summed E-state index contributed by atoms with van der Waals surface area (Å²) in [6.07, 6.45) is 9.30. The summed E-state index contributed by atoms with van der Waals surface area (Å²) in [7, 11) is 1.61. The number of para-hydroxylation sites is 1. The number of aliphatic carboxylic acids is 1. The second-order valence-corrected chi connectivity index (χ2v) is 11.5. The van der Waals surface area contributed by atoms with Crippen LogP contribution >= 0.6 is 35.0 Å². The van der Waals surface area contributed by atoms with Crippen molar-refractivity contribution in [1.82, 2.24) is 19.8 Å². The summed E-state index contributed by atoms with van der Waals surface area (Å²) in [5, 5.41) is 13.3. The number of thioether (sulfide) groups is 1. The smallest absolute Gasteiger partial charge is 0.326 e. The Labute approximate surface area is 258 Å². The monoisotopic (exact) mass is 630 g/mol. The summed E-state index contributed by atoms with van der Waals surface area (Å²) in [5.74, 6) is -1.31. The highest BCUT2D eigenvalue weighted by molar-refractivity contribution is 7.98. The van der Waals surface area contributed by atoms with Gasteiger partial charge in [-0.2, -0.15) is 0 Å². The number of nitrogens with zero attached hydrogens (tertiary/aromatic N) is 3. The number of aromatic nitrogens is 2. The van der Waals surface area contributed by atoms with E-state index >= 15 is 0 Å². The molecule has 1 unspecified atom stereocenters. The molecule has 1 aliphatic rings. The number of rotatable bonds is 11. The van der Waals surface area contributed by atoms with Crippen LogP contribution < -0.4 is 10.1 Å². The molecule has 12 heteroatoms. The van der Waals surface area contributed by atoms with Crippen LogP contribution in [0.4, 0.5) is 0 Å². The van der Waals surface area contributed by atoms with Crippen molar-refractivity contribution in [3.63, 3.8) is 0 Å². The minimum atomic E-state index is -1.13. The Morgan fingerprint density at radius 3 is 2.60 bits per heavy atom. The molecule has 0 radical (unpaired) electrons. The Hall–Kier alpha value is -3.47. The summed E-state index contributed by atoms with van der Waals surface area (Å²) in [6, 6.07) is 10.2. The number of hydrogen-bond acceptors (Lipinski definition) is 6. The highest BCUT2D eigenvalue weighted by atomic mass is 35.5. The Morgan fingerprint density at radius 1 is 1.17 bits per heavy atom. The van der Waals surface area contributed by atoms with E-state index in [9.17, 15) is 19.5 Å². The number of hydrogen-bond donors (Lipinski definition) is 2. The lowest BCUT2D eigenvalue weighted by molar-refractivity contribution is -0.142. The molecule has 1 atom stereocenters. The van der Waals surface area contributed by atoms with Crippen LogP contribution in [0.15, 0.2) is 59.9 Å². The highest BCUT2D eigenvalue weighted by Crippen LogP contribution is 2.35. The van der Waals surface area contributed by atoms with E-state index in [4.69, 9.17) is 27.9 Å². The lowest BCUT2D eigenvalue weighted by atomic mass is 9.95. The molecule has 4 rings (SSSR count). The van der Waals surface area contributed by atoms with Crippen LogP contribution in [0.3, 0.4) is 0 Å². The third-order valence-electron chi connectivity index (χ3n) is 7.14. The number of piperidine rings is 1. The fourth-order valence-electron chi connectivity index (χ4n) is 4.79. The van der Waals surface area contributed by atoms with Gasteiger partial charge in [0.1, 0.15) is 11.8 Å². The lowest BCUT2D eigenvalue weighted by Crippen LogP contribution is -2.48. The number of carbonyl (C=O) groups is 3. The van der Waals surface area contributed by atoms with E-state index in [2.05, 4.69) is 10.3 Å². The molecular weight excluding hydrogens is 599 g/mol. The number of carboxylic acid groups (broad SMARTS) is 1. The number of carboxylic acids is 1. The molecule has 2 N–H and O–H groups in total. The van der Waals surface area contributed by atoms with E-state index in [1.807, 2.05) is 47.2 Å². The van der Waals surface area contributed by atoms with Crippen LogP contribution in [0, 0.1) is 5.92 Å². The Balaban J connectivity index is 1.29. The Kier molecular flexibility index (Phi) is 11.0. The number of amides is 2. The van der Waals surface area contributed by atoms with Crippen molar-refractivity contribution < 1.29 is 24.2 Å². The Morgan fingerprint density at radius 2 is 1.90 bits per heavy atom. The number of halogens is 2. The van der Waals surface area contributed by atoms with Crippen molar-refractivity contribution in [2.45, 2.75) is 36.7 Å². The van der Waals surface area contributed by atoms with Crippen molar-refractivity contribution >= 4 is 58.8 Å². The predicted molar refractivity (Wildman–Crippen MR) is 164 cm³/mol. The number of carbonyl (C=O) groups excluding carboxylic acids is 2. The van der Waals surface area contributed by atoms with Gasteiger partial charge in [-0.1, -0.05) is 47.5 Å². The Bertz CT molecular complexity index is 1470. The minimum absolute atomic E-state index is 0.0482. The molecule has 0 spiro atoms. The largest absolute Gasteiger partial charge is 0.496 e. The summed E-state index contributed by atoms with van der Waals surface area (Å²) in [4.78, 5) is 44.5. The van der Waals surface area contributed by atoms with Gasteiger partial charge in [-0.3, -0.25) is 9.59 Å². The molecule has 42 heavy (non-hydrogen) atoms. The van der Waals surface area contributed by atoms with Gasteiger partial charge in [0.15, 0.2) is 0 Å². The van der Waals surface area contributed by atoms with E-state index in [1.165, 1.54) is 17.8 Å². The first-order valence-electron chi connectivity index (χ1n) is 13.3. The quantitative estimate of drug-likeness (QED) is 0.225. The predicted octanol–water partition coefficient (Wildman–Crippen LogP) is 5.03. The molecular formula is C30H32Cl2N4O5S. The van der Waals surface area contributed by atoms with Gasteiger partial charge >= 0.3 is 5.97 Å². The van der Waals surface area contributed by atoms with E-state index in [-0.39, 0.29) is 18.2 Å². The number of imidazole rings is 1. The molecule has 2 amide bonds.